The second kappa shape index (κ2) is 10.7. The van der Waals surface area contributed by atoms with E-state index in [1.807, 2.05) is 36.4 Å². The number of methoxy groups -OCH3 is 1. The number of nitrogens with one attached hydrogen (secondary N) is 1. The van der Waals surface area contributed by atoms with Crippen LogP contribution in [0.2, 0.25) is 0 Å². The molecule has 0 aliphatic heterocycles. The van der Waals surface area contributed by atoms with Crippen LogP contribution >= 0.6 is 0 Å². The third kappa shape index (κ3) is 5.76. The van der Waals surface area contributed by atoms with Crippen LogP contribution in [0, 0.1) is 0 Å². The summed E-state index contributed by atoms with van der Waals surface area (Å²) in [7, 11) is 1.68. The molecule has 0 bridgehead atoms. The van der Waals surface area contributed by atoms with E-state index in [4.69, 9.17) is 10.5 Å². The predicted octanol–water partition coefficient (Wildman–Crippen LogP) is 5.68. The molecule has 4 aromatic rings. The summed E-state index contributed by atoms with van der Waals surface area (Å²) in [6.45, 7) is 0. The number of hydrogen-bond acceptors (Lipinski definition) is 4. The molecule has 1 aliphatic carbocycles. The molecule has 1 amide bonds. The number of nitrogens with two attached hydrogens (primary N) is 1. The van der Waals surface area contributed by atoms with Gasteiger partial charge in [0.2, 0.25) is 5.92 Å². The van der Waals surface area contributed by atoms with Crippen molar-refractivity contribution < 1.29 is 18.3 Å². The Balaban J connectivity index is 0.000000187. The van der Waals surface area contributed by atoms with Crippen molar-refractivity contribution in [1.82, 2.24) is 9.97 Å². The Hall–Kier alpha value is -4.07. The summed E-state index contributed by atoms with van der Waals surface area (Å²) in [6.07, 6.45) is 1.99. The number of nitrogens with zero attached hydrogens (tertiary/aromatic N) is 1. The van der Waals surface area contributed by atoms with Crippen LogP contribution in [0.4, 0.5) is 8.78 Å². The Morgan fingerprint density at radius 2 is 1.83 bits per heavy atom. The molecule has 36 heavy (non-hydrogen) atoms. The van der Waals surface area contributed by atoms with Crippen LogP contribution in [0.3, 0.4) is 0 Å². The van der Waals surface area contributed by atoms with E-state index < -0.39 is 23.2 Å². The van der Waals surface area contributed by atoms with Gasteiger partial charge in [-0.25, -0.2) is 8.78 Å². The summed E-state index contributed by atoms with van der Waals surface area (Å²) in [6, 6.07) is 21.2. The number of alkyl halides is 2. The van der Waals surface area contributed by atoms with E-state index >= 15 is 0 Å². The molecule has 1 atom stereocenters. The van der Waals surface area contributed by atoms with Crippen molar-refractivity contribution in [2.24, 2.45) is 5.73 Å². The Bertz CT molecular complexity index is 1420. The maximum absolute atomic E-state index is 13.6. The zero-order valence-corrected chi connectivity index (χ0v) is 19.8. The van der Waals surface area contributed by atoms with Gasteiger partial charge >= 0.3 is 0 Å². The summed E-state index contributed by atoms with van der Waals surface area (Å²) in [5.41, 5.74) is 7.93. The fourth-order valence-electron chi connectivity index (χ4n) is 4.50. The van der Waals surface area contributed by atoms with E-state index in [0.717, 1.165) is 5.75 Å². The van der Waals surface area contributed by atoms with E-state index in [1.54, 1.807) is 7.11 Å². The highest BCUT2D eigenvalue weighted by Crippen LogP contribution is 2.41. The number of carbonyl (C=O) groups is 1. The van der Waals surface area contributed by atoms with E-state index in [1.165, 1.54) is 29.5 Å². The largest absolute Gasteiger partial charge is 0.497 e. The van der Waals surface area contributed by atoms with E-state index in [0.29, 0.717) is 24.1 Å². The quantitative estimate of drug-likeness (QED) is 0.384. The molecule has 0 radical (unpaired) electrons. The Morgan fingerprint density at radius 3 is 2.53 bits per heavy atom. The number of primary amides is 1. The number of aromatic nitrogens is 2. The second-order valence-corrected chi connectivity index (χ2v) is 8.78. The van der Waals surface area contributed by atoms with Gasteiger partial charge in [0.1, 0.15) is 11.4 Å². The highest BCUT2D eigenvalue weighted by Gasteiger charge is 2.37. The topological polar surface area (TPSA) is 98.1 Å². The molecule has 2 aromatic heterocycles. The number of amides is 1. The summed E-state index contributed by atoms with van der Waals surface area (Å²) in [5, 5.41) is 0.0984. The van der Waals surface area contributed by atoms with Crippen molar-refractivity contribution in [2.45, 2.75) is 37.5 Å². The number of benzene rings is 2. The van der Waals surface area contributed by atoms with E-state index in [9.17, 15) is 18.4 Å². The van der Waals surface area contributed by atoms with Crippen molar-refractivity contribution in [2.75, 3.05) is 7.11 Å². The third-order valence-corrected chi connectivity index (χ3v) is 6.25. The average molecular weight is 492 g/mol. The van der Waals surface area contributed by atoms with Gasteiger partial charge < -0.3 is 15.5 Å². The van der Waals surface area contributed by atoms with Crippen LogP contribution in [-0.2, 0) is 0 Å². The molecule has 1 fully saturated rings. The normalized spacial score (nSPS) is 16.6. The number of H-pyrrole nitrogens is 1. The van der Waals surface area contributed by atoms with Crippen molar-refractivity contribution in [1.29, 1.82) is 0 Å². The molecule has 186 valence electrons. The standard InChI is InChI=1S/C15H15F2N3O2.C13H12O/c16-15(17)4-1-2-8(7-15)10-6-11(21)12-9(20-10)3-5-19-13(12)14(18)22;1-14-13-9-5-8-12(10-13)11-6-3-2-4-7-11/h3,5-6,8H,1-2,4,7H2,(H2,18,22)(H,20,21);2-10H,1H3/t8-;/m0./s1. The number of ether oxygens (including phenoxy) is 1. The van der Waals surface area contributed by atoms with Gasteiger partial charge in [0.25, 0.3) is 5.91 Å². The molecule has 1 aliphatic rings. The highest BCUT2D eigenvalue weighted by molar-refractivity contribution is 6.03. The van der Waals surface area contributed by atoms with Crippen LogP contribution < -0.4 is 15.9 Å². The fourth-order valence-corrected chi connectivity index (χ4v) is 4.50. The summed E-state index contributed by atoms with van der Waals surface area (Å²) in [5.74, 6) is -3.00. The molecule has 0 spiro atoms. The maximum atomic E-state index is 13.6. The van der Waals surface area contributed by atoms with Crippen molar-refractivity contribution in [3.05, 3.63) is 94.5 Å². The van der Waals surface area contributed by atoms with Gasteiger partial charge in [0.15, 0.2) is 5.43 Å². The predicted molar refractivity (Wildman–Crippen MR) is 135 cm³/mol. The molecule has 3 N–H and O–H groups in total. The van der Waals surface area contributed by atoms with Crippen LogP contribution in [0.15, 0.2) is 77.7 Å². The number of pyridine rings is 2. The monoisotopic (exact) mass is 491 g/mol. The zero-order chi connectivity index (χ0) is 25.7. The average Bonchev–Trinajstić information content (AvgIpc) is 2.88. The van der Waals surface area contributed by atoms with Gasteiger partial charge in [-0.2, -0.15) is 0 Å². The van der Waals surface area contributed by atoms with Crippen LogP contribution in [0.5, 0.6) is 5.75 Å². The minimum atomic E-state index is -2.70. The molecule has 1 saturated carbocycles. The SMILES string of the molecule is COc1cccc(-c2ccccc2)c1.NC(=O)c1nccc2[nH]c([C@H]3CCCC(F)(F)C3)cc(=O)c12. The summed E-state index contributed by atoms with van der Waals surface area (Å²) in [4.78, 5) is 30.4. The Morgan fingerprint density at radius 1 is 1.08 bits per heavy atom. The third-order valence-electron chi connectivity index (χ3n) is 6.25. The van der Waals surface area contributed by atoms with Gasteiger partial charge in [-0.3, -0.25) is 14.6 Å². The minimum Gasteiger partial charge on any atom is -0.497 e. The molecular weight excluding hydrogens is 464 g/mol. The van der Waals surface area contributed by atoms with Crippen molar-refractivity contribution >= 4 is 16.8 Å². The summed E-state index contributed by atoms with van der Waals surface area (Å²) >= 11 is 0. The van der Waals surface area contributed by atoms with Crippen molar-refractivity contribution in [3.8, 4) is 16.9 Å². The number of aromatic amines is 1. The Kier molecular flexibility index (Phi) is 7.43. The fraction of sp³-hybridized carbons (Fsp3) is 0.250. The first-order valence-electron chi connectivity index (χ1n) is 11.7. The first-order chi connectivity index (χ1) is 17.3. The maximum Gasteiger partial charge on any atom is 0.268 e. The van der Waals surface area contributed by atoms with E-state index in [-0.39, 0.29) is 23.9 Å². The van der Waals surface area contributed by atoms with Crippen LogP contribution in [0.1, 0.15) is 47.8 Å². The number of hydrogen-bond donors (Lipinski definition) is 2. The number of rotatable bonds is 4. The molecule has 8 heteroatoms. The highest BCUT2D eigenvalue weighted by atomic mass is 19.3. The van der Waals surface area contributed by atoms with Crippen LogP contribution in [-0.4, -0.2) is 28.9 Å². The summed E-state index contributed by atoms with van der Waals surface area (Å²) < 4.78 is 32.3. The molecule has 5 rings (SSSR count). The zero-order valence-electron chi connectivity index (χ0n) is 19.8. The van der Waals surface area contributed by atoms with Gasteiger partial charge in [0, 0.05) is 36.7 Å². The molecule has 0 saturated heterocycles. The molecule has 6 nitrogen and oxygen atoms in total. The number of halogens is 2. The van der Waals surface area contributed by atoms with Gasteiger partial charge in [0.05, 0.1) is 18.0 Å². The van der Waals surface area contributed by atoms with Gasteiger partial charge in [-0.1, -0.05) is 42.5 Å². The van der Waals surface area contributed by atoms with Gasteiger partial charge in [-0.05, 0) is 42.2 Å². The lowest BCUT2D eigenvalue weighted by Crippen LogP contribution is -2.26. The molecule has 2 aromatic carbocycles. The second-order valence-electron chi connectivity index (χ2n) is 8.78. The molecule has 0 unspecified atom stereocenters. The lowest BCUT2D eigenvalue weighted by atomic mass is 9.84. The van der Waals surface area contributed by atoms with Crippen LogP contribution in [0.25, 0.3) is 22.0 Å². The van der Waals surface area contributed by atoms with Crippen molar-refractivity contribution in [3.63, 3.8) is 0 Å². The molecular formula is C28H27F2N3O3. The van der Waals surface area contributed by atoms with E-state index in [2.05, 4.69) is 28.2 Å². The number of fused-ring (bicyclic) bond motifs is 1. The smallest absolute Gasteiger partial charge is 0.268 e. The number of carbonyl (C=O) groups excluding carboxylic acids is 1. The Labute approximate surface area is 207 Å². The minimum absolute atomic E-state index is 0.0984. The lowest BCUT2D eigenvalue weighted by Gasteiger charge is -2.29. The lowest BCUT2D eigenvalue weighted by molar-refractivity contribution is -0.0412. The first-order valence-corrected chi connectivity index (χ1v) is 11.7. The first kappa shape index (κ1) is 25.0. The van der Waals surface area contributed by atoms with Gasteiger partial charge in [-0.15, -0.1) is 0 Å². The molecule has 2 heterocycles.